The van der Waals surface area contributed by atoms with Gasteiger partial charge in [0.15, 0.2) is 5.65 Å². The van der Waals surface area contributed by atoms with E-state index >= 15 is 0 Å². The van der Waals surface area contributed by atoms with E-state index in [1.54, 1.807) is 31.5 Å². The highest BCUT2D eigenvalue weighted by molar-refractivity contribution is 5.93. The van der Waals surface area contributed by atoms with Crippen LogP contribution in [0.1, 0.15) is 42.5 Å². The molecule has 4 heterocycles. The Balaban J connectivity index is 1.36. The molecule has 0 saturated carbocycles. The SMILES string of the molecule is CCC(=O)Nc1ccc(-c2cnc3n[nH]c(-c4cc5c([nH]4)C=CCC5c4ccccc4F)c3c2)cn1. The summed E-state index contributed by atoms with van der Waals surface area (Å²) in [6.07, 6.45) is 8.72. The Hall–Kier alpha value is -4.59. The third-order valence-corrected chi connectivity index (χ3v) is 6.56. The molecule has 0 fully saturated rings. The standard InChI is InChI=1S/C28H23FN6O/c1-2-26(36)33-25-11-10-16(14-30-25)17-12-21-27(34-35-28(21)31-15-17)24-13-20-18(7-5-9-23(20)32-24)19-6-3-4-8-22(19)29/h3-6,8-15,18,32H,2,7H2,1H3,(H,30,33,36)(H,31,34,35). The number of aromatic nitrogens is 5. The molecule has 5 aromatic rings. The lowest BCUT2D eigenvalue weighted by molar-refractivity contribution is -0.115. The number of pyridine rings is 2. The van der Waals surface area contributed by atoms with Gasteiger partial charge in [0.2, 0.25) is 5.91 Å². The summed E-state index contributed by atoms with van der Waals surface area (Å²) in [5.41, 5.74) is 6.74. The molecule has 0 saturated heterocycles. The van der Waals surface area contributed by atoms with Crippen LogP contribution in [0.3, 0.4) is 0 Å². The summed E-state index contributed by atoms with van der Waals surface area (Å²) < 4.78 is 14.6. The highest BCUT2D eigenvalue weighted by Crippen LogP contribution is 2.39. The van der Waals surface area contributed by atoms with E-state index in [1.807, 2.05) is 30.3 Å². The summed E-state index contributed by atoms with van der Waals surface area (Å²) in [4.78, 5) is 24.0. The second-order valence-corrected chi connectivity index (χ2v) is 8.79. The van der Waals surface area contributed by atoms with Gasteiger partial charge >= 0.3 is 0 Å². The van der Waals surface area contributed by atoms with Crippen molar-refractivity contribution in [2.45, 2.75) is 25.7 Å². The largest absolute Gasteiger partial charge is 0.354 e. The predicted octanol–water partition coefficient (Wildman–Crippen LogP) is 6.05. The van der Waals surface area contributed by atoms with Crippen molar-refractivity contribution in [2.24, 2.45) is 0 Å². The third kappa shape index (κ3) is 3.86. The minimum Gasteiger partial charge on any atom is -0.354 e. The van der Waals surface area contributed by atoms with E-state index in [4.69, 9.17) is 0 Å². The molecule has 1 aliphatic carbocycles. The number of fused-ring (bicyclic) bond motifs is 2. The number of halogens is 1. The molecule has 1 aliphatic rings. The van der Waals surface area contributed by atoms with Crippen LogP contribution in [-0.2, 0) is 4.79 Å². The zero-order valence-electron chi connectivity index (χ0n) is 19.5. The number of aromatic amines is 2. The molecule has 8 heteroatoms. The molecule has 1 aromatic carbocycles. The van der Waals surface area contributed by atoms with Crippen molar-refractivity contribution in [3.8, 4) is 22.5 Å². The number of H-pyrrole nitrogens is 2. The fourth-order valence-corrected chi connectivity index (χ4v) is 4.68. The summed E-state index contributed by atoms with van der Waals surface area (Å²) in [6.45, 7) is 1.80. The number of carbonyl (C=O) groups is 1. The van der Waals surface area contributed by atoms with Gasteiger partial charge in [0, 0.05) is 46.9 Å². The fraction of sp³-hybridized carbons (Fsp3) is 0.143. The second kappa shape index (κ2) is 8.88. The van der Waals surface area contributed by atoms with Crippen molar-refractivity contribution in [1.29, 1.82) is 0 Å². The molecule has 6 rings (SSSR count). The first kappa shape index (κ1) is 21.9. The Morgan fingerprint density at radius 2 is 1.94 bits per heavy atom. The lowest BCUT2D eigenvalue weighted by atomic mass is 9.85. The molecule has 0 spiro atoms. The monoisotopic (exact) mass is 478 g/mol. The van der Waals surface area contributed by atoms with Gasteiger partial charge in [-0.15, -0.1) is 0 Å². The van der Waals surface area contributed by atoms with E-state index in [-0.39, 0.29) is 17.6 Å². The van der Waals surface area contributed by atoms with E-state index < -0.39 is 0 Å². The molecule has 1 unspecified atom stereocenters. The summed E-state index contributed by atoms with van der Waals surface area (Å²) in [5.74, 6) is 0.179. The molecule has 7 nitrogen and oxygen atoms in total. The minimum absolute atomic E-state index is 0.0585. The second-order valence-electron chi connectivity index (χ2n) is 8.79. The van der Waals surface area contributed by atoms with Crippen molar-refractivity contribution in [3.63, 3.8) is 0 Å². The van der Waals surface area contributed by atoms with Crippen molar-refractivity contribution >= 4 is 28.8 Å². The summed E-state index contributed by atoms with van der Waals surface area (Å²) in [7, 11) is 0. The molecule has 0 aliphatic heterocycles. The molecular formula is C28H23FN6O. The molecule has 1 atom stereocenters. The van der Waals surface area contributed by atoms with Crippen LogP contribution in [0.5, 0.6) is 0 Å². The van der Waals surface area contributed by atoms with Crippen molar-refractivity contribution in [2.75, 3.05) is 5.32 Å². The van der Waals surface area contributed by atoms with Gasteiger partial charge in [0.05, 0.1) is 11.4 Å². The first-order valence-corrected chi connectivity index (χ1v) is 11.9. The topological polar surface area (TPSA) is 99.4 Å². The van der Waals surface area contributed by atoms with Crippen LogP contribution in [0.2, 0.25) is 0 Å². The van der Waals surface area contributed by atoms with Crippen LogP contribution in [0.15, 0.2) is 67.0 Å². The number of amides is 1. The Morgan fingerprint density at radius 1 is 1.08 bits per heavy atom. The van der Waals surface area contributed by atoms with Gasteiger partial charge in [-0.1, -0.05) is 31.2 Å². The lowest BCUT2D eigenvalue weighted by Gasteiger charge is -2.19. The highest BCUT2D eigenvalue weighted by atomic mass is 19.1. The quantitative estimate of drug-likeness (QED) is 0.286. The Labute approximate surface area is 206 Å². The van der Waals surface area contributed by atoms with Crippen LogP contribution in [0, 0.1) is 5.82 Å². The average molecular weight is 479 g/mol. The van der Waals surface area contributed by atoms with Crippen molar-refractivity contribution in [1.82, 2.24) is 25.1 Å². The molecule has 4 aromatic heterocycles. The first-order valence-electron chi connectivity index (χ1n) is 11.9. The summed E-state index contributed by atoms with van der Waals surface area (Å²) >= 11 is 0. The lowest BCUT2D eigenvalue weighted by Crippen LogP contribution is -2.10. The normalized spacial score (nSPS) is 14.7. The highest BCUT2D eigenvalue weighted by Gasteiger charge is 2.25. The van der Waals surface area contributed by atoms with Crippen LogP contribution in [-0.4, -0.2) is 31.1 Å². The number of rotatable bonds is 5. The molecule has 36 heavy (non-hydrogen) atoms. The van der Waals surface area contributed by atoms with E-state index in [1.165, 1.54) is 6.07 Å². The zero-order valence-corrected chi connectivity index (χ0v) is 19.5. The van der Waals surface area contributed by atoms with Crippen LogP contribution in [0.4, 0.5) is 10.2 Å². The van der Waals surface area contributed by atoms with Crippen LogP contribution in [0.25, 0.3) is 39.6 Å². The van der Waals surface area contributed by atoms with E-state index in [2.05, 4.69) is 42.6 Å². The molecule has 0 radical (unpaired) electrons. The van der Waals surface area contributed by atoms with E-state index in [0.717, 1.165) is 45.6 Å². The number of carbonyl (C=O) groups excluding carboxylic acids is 1. The number of hydrogen-bond donors (Lipinski definition) is 3. The predicted molar refractivity (Wildman–Crippen MR) is 138 cm³/mol. The smallest absolute Gasteiger partial charge is 0.225 e. The number of benzene rings is 1. The Bertz CT molecular complexity index is 1620. The van der Waals surface area contributed by atoms with Gasteiger partial charge in [-0.3, -0.25) is 9.89 Å². The van der Waals surface area contributed by atoms with Gasteiger partial charge in [-0.05, 0) is 54.0 Å². The number of nitrogens with zero attached hydrogens (tertiary/aromatic N) is 3. The number of allylic oxidation sites excluding steroid dienone is 1. The summed E-state index contributed by atoms with van der Waals surface area (Å²) in [6, 6.07) is 14.7. The van der Waals surface area contributed by atoms with Gasteiger partial charge in [0.25, 0.3) is 0 Å². The number of nitrogens with one attached hydrogen (secondary N) is 3. The summed E-state index contributed by atoms with van der Waals surface area (Å²) in [5, 5.41) is 11.1. The van der Waals surface area contributed by atoms with Crippen LogP contribution < -0.4 is 5.32 Å². The van der Waals surface area contributed by atoms with Gasteiger partial charge in [-0.2, -0.15) is 5.10 Å². The maximum absolute atomic E-state index is 14.6. The van der Waals surface area contributed by atoms with Crippen molar-refractivity contribution < 1.29 is 9.18 Å². The van der Waals surface area contributed by atoms with Gasteiger partial charge in [-0.25, -0.2) is 14.4 Å². The van der Waals surface area contributed by atoms with Crippen molar-refractivity contribution in [3.05, 3.63) is 89.6 Å². The Kier molecular flexibility index (Phi) is 5.41. The van der Waals surface area contributed by atoms with Gasteiger partial charge in [0.1, 0.15) is 11.6 Å². The number of hydrogen-bond acceptors (Lipinski definition) is 4. The molecule has 1 amide bonds. The molecule has 3 N–H and O–H groups in total. The number of anilines is 1. The van der Waals surface area contributed by atoms with E-state index in [0.29, 0.717) is 23.4 Å². The molecule has 0 bridgehead atoms. The van der Waals surface area contributed by atoms with E-state index in [9.17, 15) is 9.18 Å². The average Bonchev–Trinajstić information content (AvgIpc) is 3.53. The Morgan fingerprint density at radius 3 is 2.75 bits per heavy atom. The van der Waals surface area contributed by atoms with Crippen LogP contribution >= 0.6 is 0 Å². The third-order valence-electron chi connectivity index (χ3n) is 6.56. The first-order chi connectivity index (χ1) is 17.6. The van der Waals surface area contributed by atoms with Gasteiger partial charge < -0.3 is 10.3 Å². The fourth-order valence-electron chi connectivity index (χ4n) is 4.68. The molecule has 178 valence electrons. The zero-order chi connectivity index (χ0) is 24.6. The maximum atomic E-state index is 14.6. The maximum Gasteiger partial charge on any atom is 0.225 e. The minimum atomic E-state index is -0.193. The molecular weight excluding hydrogens is 455 g/mol.